The van der Waals surface area contributed by atoms with E-state index >= 15 is 0 Å². The van der Waals surface area contributed by atoms with Crippen molar-refractivity contribution in [2.45, 2.75) is 26.3 Å². The number of likely N-dealkylation sites (tertiary alicyclic amines) is 1. The average Bonchev–Trinajstić information content (AvgIpc) is 2.91. The number of hydrazone groups is 1. The molecule has 7 nitrogen and oxygen atoms in total. The predicted molar refractivity (Wildman–Crippen MR) is 150 cm³/mol. The number of amides is 2. The molecule has 0 bridgehead atoms. The number of piperidine rings is 1. The van der Waals surface area contributed by atoms with Gasteiger partial charge < -0.3 is 10.4 Å². The lowest BCUT2D eigenvalue weighted by molar-refractivity contribution is 0.0956. The SMILES string of the molecule is Cc1ccc(/C=N/NC(=O)c2cc(Br)ccc2NC(=O)c2ccc(CN3CCC(CO)CC3)cc2)cc1. The van der Waals surface area contributed by atoms with E-state index < -0.39 is 5.91 Å². The van der Waals surface area contributed by atoms with Gasteiger partial charge in [-0.2, -0.15) is 5.10 Å². The Morgan fingerprint density at radius 1 is 1.03 bits per heavy atom. The maximum atomic E-state index is 13.0. The first-order valence-corrected chi connectivity index (χ1v) is 13.1. The van der Waals surface area contributed by atoms with Gasteiger partial charge in [-0.25, -0.2) is 5.43 Å². The molecule has 4 rings (SSSR count). The lowest BCUT2D eigenvalue weighted by Gasteiger charge is -2.31. The molecule has 1 aliphatic rings. The number of aliphatic hydroxyl groups excluding tert-OH is 1. The van der Waals surface area contributed by atoms with Crippen LogP contribution in [0, 0.1) is 12.8 Å². The van der Waals surface area contributed by atoms with Gasteiger partial charge in [0.2, 0.25) is 0 Å². The largest absolute Gasteiger partial charge is 0.396 e. The Bertz CT molecular complexity index is 1250. The van der Waals surface area contributed by atoms with Crippen LogP contribution in [0.5, 0.6) is 0 Å². The van der Waals surface area contributed by atoms with Gasteiger partial charge in [0.25, 0.3) is 11.8 Å². The number of hydrogen-bond donors (Lipinski definition) is 3. The van der Waals surface area contributed by atoms with Crippen LogP contribution in [0.2, 0.25) is 0 Å². The summed E-state index contributed by atoms with van der Waals surface area (Å²) in [5.41, 5.74) is 6.88. The Hall–Kier alpha value is -3.33. The highest BCUT2D eigenvalue weighted by Gasteiger charge is 2.19. The first kappa shape index (κ1) is 26.7. The molecule has 3 aromatic rings. The van der Waals surface area contributed by atoms with Gasteiger partial charge in [-0.15, -0.1) is 0 Å². The molecule has 0 saturated carbocycles. The van der Waals surface area contributed by atoms with Crippen LogP contribution in [0.1, 0.15) is 50.2 Å². The van der Waals surface area contributed by atoms with Gasteiger partial charge in [0.05, 0.1) is 17.5 Å². The zero-order chi connectivity index (χ0) is 26.2. The Morgan fingerprint density at radius 3 is 2.41 bits per heavy atom. The molecule has 3 aromatic carbocycles. The fourth-order valence-corrected chi connectivity index (χ4v) is 4.59. The van der Waals surface area contributed by atoms with Crippen LogP contribution >= 0.6 is 15.9 Å². The molecule has 192 valence electrons. The van der Waals surface area contributed by atoms with E-state index in [2.05, 4.69) is 36.7 Å². The maximum absolute atomic E-state index is 13.0. The van der Waals surface area contributed by atoms with Crippen LogP contribution in [-0.2, 0) is 6.54 Å². The molecule has 8 heteroatoms. The second-order valence-corrected chi connectivity index (χ2v) is 10.3. The normalized spacial score (nSPS) is 14.6. The second kappa shape index (κ2) is 12.8. The Balaban J connectivity index is 1.38. The third kappa shape index (κ3) is 7.58. The lowest BCUT2D eigenvalue weighted by atomic mass is 9.97. The minimum atomic E-state index is -0.430. The zero-order valence-corrected chi connectivity index (χ0v) is 22.4. The van der Waals surface area contributed by atoms with Crippen molar-refractivity contribution in [1.82, 2.24) is 10.3 Å². The number of aryl methyl sites for hydroxylation is 1. The number of nitrogens with zero attached hydrogens (tertiary/aromatic N) is 2. The number of rotatable bonds is 8. The molecule has 1 saturated heterocycles. The molecule has 2 amide bonds. The summed E-state index contributed by atoms with van der Waals surface area (Å²) in [6, 6.07) is 20.4. The quantitative estimate of drug-likeness (QED) is 0.266. The number of aliphatic hydroxyl groups is 1. The first-order valence-electron chi connectivity index (χ1n) is 12.3. The minimum absolute atomic E-state index is 0.264. The molecular weight excluding hydrogens is 532 g/mol. The van der Waals surface area contributed by atoms with Crippen LogP contribution < -0.4 is 10.7 Å². The number of carbonyl (C=O) groups excluding carboxylic acids is 2. The fourth-order valence-electron chi connectivity index (χ4n) is 4.23. The van der Waals surface area contributed by atoms with Gasteiger partial charge in [-0.3, -0.25) is 14.5 Å². The van der Waals surface area contributed by atoms with Crippen LogP contribution in [0.4, 0.5) is 5.69 Å². The van der Waals surface area contributed by atoms with Crippen molar-refractivity contribution in [2.24, 2.45) is 11.0 Å². The highest BCUT2D eigenvalue weighted by atomic mass is 79.9. The summed E-state index contributed by atoms with van der Waals surface area (Å²) < 4.78 is 0.713. The van der Waals surface area contributed by atoms with E-state index in [1.54, 1.807) is 36.5 Å². The number of hydrogen-bond acceptors (Lipinski definition) is 5. The monoisotopic (exact) mass is 562 g/mol. The molecule has 0 aromatic heterocycles. The van der Waals surface area contributed by atoms with Crippen molar-refractivity contribution in [1.29, 1.82) is 0 Å². The molecule has 1 aliphatic heterocycles. The van der Waals surface area contributed by atoms with Crippen LogP contribution in [0.15, 0.2) is 76.3 Å². The number of nitrogens with one attached hydrogen (secondary N) is 2. The van der Waals surface area contributed by atoms with Gasteiger partial charge in [0.15, 0.2) is 0 Å². The molecule has 1 heterocycles. The minimum Gasteiger partial charge on any atom is -0.396 e. The van der Waals surface area contributed by atoms with Crippen molar-refractivity contribution in [3.05, 3.63) is 99.0 Å². The Labute approximate surface area is 225 Å². The van der Waals surface area contributed by atoms with E-state index in [4.69, 9.17) is 0 Å². The van der Waals surface area contributed by atoms with Crippen LogP contribution in [0.25, 0.3) is 0 Å². The average molecular weight is 563 g/mol. The Kier molecular flexibility index (Phi) is 9.22. The van der Waals surface area contributed by atoms with E-state index in [1.807, 2.05) is 43.3 Å². The number of carbonyl (C=O) groups is 2. The molecule has 0 spiro atoms. The highest BCUT2D eigenvalue weighted by molar-refractivity contribution is 9.10. The summed E-state index contributed by atoms with van der Waals surface area (Å²) in [6.45, 7) is 5.03. The van der Waals surface area contributed by atoms with E-state index in [0.29, 0.717) is 27.2 Å². The summed E-state index contributed by atoms with van der Waals surface area (Å²) in [4.78, 5) is 28.2. The third-order valence-corrected chi connectivity index (χ3v) is 7.01. The van der Waals surface area contributed by atoms with Crippen molar-refractivity contribution in [2.75, 3.05) is 25.0 Å². The Morgan fingerprint density at radius 2 is 1.73 bits per heavy atom. The van der Waals surface area contributed by atoms with Gasteiger partial charge in [-0.05, 0) is 80.2 Å². The van der Waals surface area contributed by atoms with E-state index in [0.717, 1.165) is 49.2 Å². The molecule has 0 radical (unpaired) electrons. The molecular formula is C29H31BrN4O3. The summed E-state index contributed by atoms with van der Waals surface area (Å²) in [5, 5.41) is 16.2. The summed E-state index contributed by atoms with van der Waals surface area (Å²) in [5.74, 6) is -0.317. The van der Waals surface area contributed by atoms with Crippen molar-refractivity contribution in [3.8, 4) is 0 Å². The van der Waals surface area contributed by atoms with Gasteiger partial charge in [-0.1, -0.05) is 57.9 Å². The van der Waals surface area contributed by atoms with E-state index in [-0.39, 0.29) is 12.5 Å². The summed E-state index contributed by atoms with van der Waals surface area (Å²) in [6.07, 6.45) is 3.60. The summed E-state index contributed by atoms with van der Waals surface area (Å²) >= 11 is 3.40. The van der Waals surface area contributed by atoms with Crippen molar-refractivity contribution < 1.29 is 14.7 Å². The van der Waals surface area contributed by atoms with Crippen LogP contribution in [0.3, 0.4) is 0 Å². The number of anilines is 1. The second-order valence-electron chi connectivity index (χ2n) is 9.35. The summed E-state index contributed by atoms with van der Waals surface area (Å²) in [7, 11) is 0. The zero-order valence-electron chi connectivity index (χ0n) is 20.8. The van der Waals surface area contributed by atoms with Crippen molar-refractivity contribution in [3.63, 3.8) is 0 Å². The lowest BCUT2D eigenvalue weighted by Crippen LogP contribution is -2.34. The van der Waals surface area contributed by atoms with Gasteiger partial charge >= 0.3 is 0 Å². The smallest absolute Gasteiger partial charge is 0.273 e. The highest BCUT2D eigenvalue weighted by Crippen LogP contribution is 2.23. The molecule has 0 aliphatic carbocycles. The van der Waals surface area contributed by atoms with Crippen molar-refractivity contribution >= 4 is 39.6 Å². The predicted octanol–water partition coefficient (Wildman–Crippen LogP) is 4.98. The van der Waals surface area contributed by atoms with Gasteiger partial charge in [0, 0.05) is 23.2 Å². The number of halogens is 1. The topological polar surface area (TPSA) is 94.0 Å². The fraction of sp³-hybridized carbons (Fsp3) is 0.276. The number of benzene rings is 3. The van der Waals surface area contributed by atoms with Crippen LogP contribution in [-0.4, -0.2) is 47.7 Å². The van der Waals surface area contributed by atoms with Gasteiger partial charge in [0.1, 0.15) is 0 Å². The molecule has 1 fully saturated rings. The molecule has 3 N–H and O–H groups in total. The molecule has 0 unspecified atom stereocenters. The maximum Gasteiger partial charge on any atom is 0.273 e. The van der Waals surface area contributed by atoms with E-state index in [1.165, 1.54) is 0 Å². The first-order chi connectivity index (χ1) is 17.9. The third-order valence-electron chi connectivity index (χ3n) is 6.52. The molecule has 37 heavy (non-hydrogen) atoms. The molecule has 0 atom stereocenters. The van der Waals surface area contributed by atoms with E-state index in [9.17, 15) is 14.7 Å². The standard InChI is InChI=1S/C29H31BrN4O3/c1-20-2-4-21(5-3-20)17-31-33-29(37)26-16-25(30)10-11-27(26)32-28(36)24-8-6-22(7-9-24)18-34-14-12-23(19-35)13-15-34/h2-11,16-17,23,35H,12-15,18-19H2,1H3,(H,32,36)(H,33,37)/b31-17+.